The molecule has 0 spiro atoms. The molecular weight excluding hydrogens is 369 g/mol. The van der Waals surface area contributed by atoms with E-state index in [1.54, 1.807) is 13.0 Å². The molecule has 1 heterocycles. The van der Waals surface area contributed by atoms with Gasteiger partial charge in [0.05, 0.1) is 10.6 Å². The van der Waals surface area contributed by atoms with Gasteiger partial charge in [-0.2, -0.15) is 0 Å². The topological polar surface area (TPSA) is 87.3 Å². The smallest absolute Gasteiger partial charge is 0.262 e. The molecule has 2 aromatic carbocycles. The Balaban J connectivity index is 1.83. The summed E-state index contributed by atoms with van der Waals surface area (Å²) in [6, 6.07) is 9.89. The first kappa shape index (κ1) is 19.3. The van der Waals surface area contributed by atoms with Crippen LogP contribution in [0, 0.1) is 12.7 Å². The number of sulfonamides is 1. The number of para-hydroxylation sites is 1. The maximum absolute atomic E-state index is 13.8. The van der Waals surface area contributed by atoms with Crippen LogP contribution in [0.5, 0.6) is 0 Å². The lowest BCUT2D eigenvalue weighted by molar-refractivity contribution is 0.0928. The molecule has 3 N–H and O–H groups in total. The van der Waals surface area contributed by atoms with Crippen molar-refractivity contribution >= 4 is 21.6 Å². The average Bonchev–Trinajstić information content (AvgIpc) is 2.64. The van der Waals surface area contributed by atoms with E-state index >= 15 is 0 Å². The predicted octanol–water partition coefficient (Wildman–Crippen LogP) is 2.42. The zero-order chi connectivity index (χ0) is 19.4. The normalized spacial score (nSPS) is 15.3. The first-order valence-electron chi connectivity index (χ1n) is 8.76. The van der Waals surface area contributed by atoms with E-state index in [4.69, 9.17) is 0 Å². The fraction of sp³-hybridized carbons (Fsp3) is 0.316. The van der Waals surface area contributed by atoms with Crippen LogP contribution in [0.15, 0.2) is 47.4 Å². The zero-order valence-electron chi connectivity index (χ0n) is 15.0. The number of aryl methyl sites for hydroxylation is 1. The van der Waals surface area contributed by atoms with Gasteiger partial charge in [-0.3, -0.25) is 9.52 Å². The minimum absolute atomic E-state index is 0.0648. The number of halogens is 1. The van der Waals surface area contributed by atoms with Gasteiger partial charge in [0.2, 0.25) is 0 Å². The second-order valence-corrected chi connectivity index (χ2v) is 8.24. The van der Waals surface area contributed by atoms with E-state index in [1.165, 1.54) is 36.4 Å². The summed E-state index contributed by atoms with van der Waals surface area (Å²) in [5.41, 5.74) is 0.829. The summed E-state index contributed by atoms with van der Waals surface area (Å²) in [5.74, 6) is -0.973. The standard InChI is InChI=1S/C19H22FN3O3S/c1-13-6-7-15(27(25,26)23-18-5-3-2-4-17(18)20)12-16(13)19(24)22-14-8-10-21-11-9-14/h2-7,12,14,21,23H,8-11H2,1H3,(H,22,24). The third kappa shape index (κ3) is 4.64. The average molecular weight is 391 g/mol. The van der Waals surface area contributed by atoms with Crippen molar-refractivity contribution in [1.29, 1.82) is 0 Å². The molecule has 0 aliphatic carbocycles. The van der Waals surface area contributed by atoms with Gasteiger partial charge in [0.25, 0.3) is 15.9 Å². The predicted molar refractivity (Wildman–Crippen MR) is 102 cm³/mol. The Labute approximate surface area is 158 Å². The van der Waals surface area contributed by atoms with Crippen LogP contribution in [0.4, 0.5) is 10.1 Å². The summed E-state index contributed by atoms with van der Waals surface area (Å²) in [7, 11) is -4.02. The molecule has 0 bridgehead atoms. The molecule has 8 heteroatoms. The molecule has 27 heavy (non-hydrogen) atoms. The monoisotopic (exact) mass is 391 g/mol. The van der Waals surface area contributed by atoms with Gasteiger partial charge in [0.15, 0.2) is 0 Å². The highest BCUT2D eigenvalue weighted by atomic mass is 32.2. The van der Waals surface area contributed by atoms with E-state index in [2.05, 4.69) is 15.4 Å². The molecule has 1 aliphatic heterocycles. The van der Waals surface area contributed by atoms with Crippen molar-refractivity contribution in [3.05, 3.63) is 59.4 Å². The van der Waals surface area contributed by atoms with Gasteiger partial charge < -0.3 is 10.6 Å². The Morgan fingerprint density at radius 1 is 1.15 bits per heavy atom. The SMILES string of the molecule is Cc1ccc(S(=O)(=O)Nc2ccccc2F)cc1C(=O)NC1CCNCC1. The van der Waals surface area contributed by atoms with Crippen molar-refractivity contribution in [2.75, 3.05) is 17.8 Å². The Morgan fingerprint density at radius 2 is 1.85 bits per heavy atom. The number of carbonyl (C=O) groups is 1. The van der Waals surface area contributed by atoms with Gasteiger partial charge in [-0.05, 0) is 62.7 Å². The quantitative estimate of drug-likeness (QED) is 0.731. The number of anilines is 1. The molecule has 0 unspecified atom stereocenters. The van der Waals surface area contributed by atoms with Gasteiger partial charge in [0.1, 0.15) is 5.82 Å². The van der Waals surface area contributed by atoms with Crippen LogP contribution < -0.4 is 15.4 Å². The second kappa shape index (κ2) is 8.06. The fourth-order valence-electron chi connectivity index (χ4n) is 2.99. The maximum atomic E-state index is 13.8. The van der Waals surface area contributed by atoms with Crippen LogP contribution in [0.3, 0.4) is 0 Å². The van der Waals surface area contributed by atoms with Crippen LogP contribution in [-0.4, -0.2) is 33.5 Å². The van der Waals surface area contributed by atoms with Gasteiger partial charge in [-0.1, -0.05) is 18.2 Å². The summed E-state index contributed by atoms with van der Waals surface area (Å²) >= 11 is 0. The van der Waals surface area contributed by atoms with Crippen molar-refractivity contribution in [3.63, 3.8) is 0 Å². The highest BCUT2D eigenvalue weighted by Crippen LogP contribution is 2.21. The van der Waals surface area contributed by atoms with E-state index in [-0.39, 0.29) is 22.5 Å². The Kier molecular flexibility index (Phi) is 5.76. The molecule has 1 fully saturated rings. The summed E-state index contributed by atoms with van der Waals surface area (Å²) in [5, 5.41) is 6.19. The molecule has 0 aromatic heterocycles. The second-order valence-electron chi connectivity index (χ2n) is 6.56. The lowest BCUT2D eigenvalue weighted by Crippen LogP contribution is -2.42. The fourth-order valence-corrected chi connectivity index (χ4v) is 4.08. The number of rotatable bonds is 5. The number of hydrogen-bond donors (Lipinski definition) is 3. The molecule has 1 aliphatic rings. The van der Waals surface area contributed by atoms with Gasteiger partial charge in [-0.25, -0.2) is 12.8 Å². The zero-order valence-corrected chi connectivity index (χ0v) is 15.8. The molecule has 1 saturated heterocycles. The van der Waals surface area contributed by atoms with Crippen LogP contribution in [0.2, 0.25) is 0 Å². The Morgan fingerprint density at radius 3 is 2.56 bits per heavy atom. The van der Waals surface area contributed by atoms with Gasteiger partial charge in [0, 0.05) is 11.6 Å². The van der Waals surface area contributed by atoms with E-state index in [0.29, 0.717) is 11.1 Å². The van der Waals surface area contributed by atoms with Crippen molar-refractivity contribution in [3.8, 4) is 0 Å². The molecule has 0 saturated carbocycles. The van der Waals surface area contributed by atoms with Crippen LogP contribution >= 0.6 is 0 Å². The Bertz CT molecular complexity index is 941. The molecule has 144 valence electrons. The molecule has 0 atom stereocenters. The van der Waals surface area contributed by atoms with Crippen LogP contribution in [-0.2, 0) is 10.0 Å². The summed E-state index contributed by atoms with van der Waals surface area (Å²) < 4.78 is 41.2. The summed E-state index contributed by atoms with van der Waals surface area (Å²) in [6.45, 7) is 3.42. The highest BCUT2D eigenvalue weighted by molar-refractivity contribution is 7.92. The number of benzene rings is 2. The highest BCUT2D eigenvalue weighted by Gasteiger charge is 2.21. The van der Waals surface area contributed by atoms with E-state index < -0.39 is 15.8 Å². The van der Waals surface area contributed by atoms with E-state index in [0.717, 1.165) is 25.9 Å². The van der Waals surface area contributed by atoms with Gasteiger partial charge in [-0.15, -0.1) is 0 Å². The minimum atomic E-state index is -4.02. The third-order valence-corrected chi connectivity index (χ3v) is 5.92. The number of piperidine rings is 1. The summed E-state index contributed by atoms with van der Waals surface area (Å²) in [4.78, 5) is 12.5. The first-order valence-corrected chi connectivity index (χ1v) is 10.2. The van der Waals surface area contributed by atoms with E-state index in [9.17, 15) is 17.6 Å². The molecule has 3 rings (SSSR count). The lowest BCUT2D eigenvalue weighted by Gasteiger charge is -2.24. The molecule has 1 amide bonds. The number of hydrogen-bond acceptors (Lipinski definition) is 4. The van der Waals surface area contributed by atoms with Crippen LogP contribution in [0.25, 0.3) is 0 Å². The largest absolute Gasteiger partial charge is 0.349 e. The summed E-state index contributed by atoms with van der Waals surface area (Å²) in [6.07, 6.45) is 1.66. The Hall–Kier alpha value is -2.45. The lowest BCUT2D eigenvalue weighted by atomic mass is 10.0. The third-order valence-electron chi connectivity index (χ3n) is 4.56. The maximum Gasteiger partial charge on any atom is 0.262 e. The van der Waals surface area contributed by atoms with Crippen LogP contribution in [0.1, 0.15) is 28.8 Å². The molecular formula is C19H22FN3O3S. The van der Waals surface area contributed by atoms with E-state index in [1.807, 2.05) is 0 Å². The number of carbonyl (C=O) groups excluding carboxylic acids is 1. The number of nitrogens with one attached hydrogen (secondary N) is 3. The molecule has 2 aromatic rings. The number of amides is 1. The van der Waals surface area contributed by atoms with Crippen molar-refractivity contribution in [1.82, 2.24) is 10.6 Å². The molecule has 6 nitrogen and oxygen atoms in total. The minimum Gasteiger partial charge on any atom is -0.349 e. The van der Waals surface area contributed by atoms with Crippen molar-refractivity contribution < 1.29 is 17.6 Å². The van der Waals surface area contributed by atoms with Gasteiger partial charge >= 0.3 is 0 Å². The first-order chi connectivity index (χ1) is 12.9. The molecule has 0 radical (unpaired) electrons. The van der Waals surface area contributed by atoms with Crippen molar-refractivity contribution in [2.24, 2.45) is 0 Å². The van der Waals surface area contributed by atoms with Crippen molar-refractivity contribution in [2.45, 2.75) is 30.7 Å².